The highest BCUT2D eigenvalue weighted by molar-refractivity contribution is 6.37. The number of Topliss-reactive ketones (excluding diaryl/α,β-unsaturated/α-hetero) is 1. The van der Waals surface area contributed by atoms with E-state index < -0.39 is 0 Å². The lowest BCUT2D eigenvalue weighted by molar-refractivity contribution is -0.111. The lowest BCUT2D eigenvalue weighted by Gasteiger charge is -1.93. The first-order valence-electron chi connectivity index (χ1n) is 3.70. The Kier molecular flexibility index (Phi) is 4.81. The molecule has 0 N–H and O–H groups in total. The minimum absolute atomic E-state index is 0.0797. The van der Waals surface area contributed by atoms with Gasteiger partial charge in [0.15, 0.2) is 5.78 Å². The Bertz CT molecular complexity index is 138. The number of carbonyl (C=O) groups is 1. The number of carbonyl (C=O) groups excluding carboxylic acids is 1. The van der Waals surface area contributed by atoms with Crippen LogP contribution in [0.3, 0.4) is 0 Å². The summed E-state index contributed by atoms with van der Waals surface area (Å²) in [5, 5.41) is 0. The van der Waals surface area contributed by atoms with Crippen molar-refractivity contribution in [2.24, 2.45) is 4.99 Å². The van der Waals surface area contributed by atoms with Crippen molar-refractivity contribution in [3.63, 3.8) is 0 Å². The molecular formula is C8H15NO. The van der Waals surface area contributed by atoms with Gasteiger partial charge in [-0.15, -0.1) is 0 Å². The first-order valence-corrected chi connectivity index (χ1v) is 3.70. The van der Waals surface area contributed by atoms with Gasteiger partial charge in [-0.3, -0.25) is 9.79 Å². The van der Waals surface area contributed by atoms with E-state index in [0.717, 1.165) is 19.4 Å². The molecule has 0 aliphatic carbocycles. The van der Waals surface area contributed by atoms with Gasteiger partial charge in [0.05, 0.1) is 5.71 Å². The molecule has 0 aromatic carbocycles. The second-order valence-corrected chi connectivity index (χ2v) is 2.38. The van der Waals surface area contributed by atoms with E-state index in [-0.39, 0.29) is 5.78 Å². The molecule has 0 radical (unpaired) electrons. The van der Waals surface area contributed by atoms with Crippen LogP contribution in [-0.4, -0.2) is 18.0 Å². The summed E-state index contributed by atoms with van der Waals surface area (Å²) in [5.74, 6) is 0.0797. The van der Waals surface area contributed by atoms with E-state index in [1.807, 2.05) is 0 Å². The predicted molar refractivity (Wildman–Crippen MR) is 43.6 cm³/mol. The molecule has 0 aromatic rings. The molecule has 0 amide bonds. The summed E-state index contributed by atoms with van der Waals surface area (Å²) in [6, 6.07) is 0. The molecule has 0 aromatic heterocycles. The van der Waals surface area contributed by atoms with Crippen LogP contribution in [0.4, 0.5) is 0 Å². The van der Waals surface area contributed by atoms with Gasteiger partial charge < -0.3 is 0 Å². The number of hydrogen-bond donors (Lipinski definition) is 0. The van der Waals surface area contributed by atoms with E-state index >= 15 is 0 Å². The van der Waals surface area contributed by atoms with Crippen molar-refractivity contribution < 1.29 is 4.79 Å². The van der Waals surface area contributed by atoms with Gasteiger partial charge >= 0.3 is 0 Å². The second-order valence-electron chi connectivity index (χ2n) is 2.38. The van der Waals surface area contributed by atoms with E-state index in [4.69, 9.17) is 0 Å². The third-order valence-electron chi connectivity index (χ3n) is 1.37. The summed E-state index contributed by atoms with van der Waals surface area (Å²) in [5.41, 5.74) is 0.647. The van der Waals surface area contributed by atoms with Crippen molar-refractivity contribution in [3.8, 4) is 0 Å². The fraction of sp³-hybridized carbons (Fsp3) is 0.750. The van der Waals surface area contributed by atoms with Gasteiger partial charge in [-0.2, -0.15) is 0 Å². The minimum atomic E-state index is 0.0797. The lowest BCUT2D eigenvalue weighted by Crippen LogP contribution is -2.04. The fourth-order valence-electron chi connectivity index (χ4n) is 0.516. The lowest BCUT2D eigenvalue weighted by atomic mass is 10.3. The Morgan fingerprint density at radius 1 is 1.40 bits per heavy atom. The van der Waals surface area contributed by atoms with Gasteiger partial charge in [0.2, 0.25) is 0 Å². The van der Waals surface area contributed by atoms with Crippen molar-refractivity contribution in [1.82, 2.24) is 0 Å². The normalized spacial score (nSPS) is 11.7. The Labute approximate surface area is 62.4 Å². The average molecular weight is 141 g/mol. The van der Waals surface area contributed by atoms with Crippen LogP contribution in [-0.2, 0) is 4.79 Å². The number of aliphatic imine (C=N–C) groups is 1. The zero-order valence-electron chi connectivity index (χ0n) is 6.98. The Morgan fingerprint density at radius 3 is 2.40 bits per heavy atom. The highest BCUT2D eigenvalue weighted by Gasteiger charge is 1.94. The molecule has 2 heteroatoms. The highest BCUT2D eigenvalue weighted by atomic mass is 16.1. The summed E-state index contributed by atoms with van der Waals surface area (Å²) in [4.78, 5) is 14.7. The van der Waals surface area contributed by atoms with Crippen LogP contribution in [0.2, 0.25) is 0 Å². The zero-order chi connectivity index (χ0) is 7.98. The number of nitrogens with zero attached hydrogens (tertiary/aromatic N) is 1. The third kappa shape index (κ3) is 4.24. The largest absolute Gasteiger partial charge is 0.293 e. The quantitative estimate of drug-likeness (QED) is 0.434. The first kappa shape index (κ1) is 9.34. The summed E-state index contributed by atoms with van der Waals surface area (Å²) >= 11 is 0. The maximum atomic E-state index is 10.6. The summed E-state index contributed by atoms with van der Waals surface area (Å²) in [7, 11) is 0. The standard InChI is InChI=1S/C8H15NO/c1-4-5-6-9-7(2)8(3)10/h4-6H2,1-3H3. The molecule has 0 aliphatic rings. The molecule has 10 heavy (non-hydrogen) atoms. The SMILES string of the molecule is CCCCN=C(C)C(C)=O. The van der Waals surface area contributed by atoms with Crippen LogP contribution < -0.4 is 0 Å². The van der Waals surface area contributed by atoms with Crippen LogP contribution in [0, 0.1) is 0 Å². The molecule has 0 heterocycles. The van der Waals surface area contributed by atoms with E-state index in [0.29, 0.717) is 5.71 Å². The maximum absolute atomic E-state index is 10.6. The topological polar surface area (TPSA) is 29.4 Å². The highest BCUT2D eigenvalue weighted by Crippen LogP contribution is 1.88. The van der Waals surface area contributed by atoms with Crippen molar-refractivity contribution in [2.75, 3.05) is 6.54 Å². The Hall–Kier alpha value is -0.660. The number of ketones is 1. The molecule has 58 valence electrons. The number of unbranched alkanes of at least 4 members (excludes halogenated alkanes) is 1. The average Bonchev–Trinajstić information content (AvgIpc) is 1.88. The van der Waals surface area contributed by atoms with Crippen LogP contribution >= 0.6 is 0 Å². The Balaban J connectivity index is 3.58. The molecule has 0 atom stereocenters. The summed E-state index contributed by atoms with van der Waals surface area (Å²) in [6.07, 6.45) is 2.21. The summed E-state index contributed by atoms with van der Waals surface area (Å²) < 4.78 is 0. The fourth-order valence-corrected chi connectivity index (χ4v) is 0.516. The van der Waals surface area contributed by atoms with E-state index in [1.54, 1.807) is 13.8 Å². The molecule has 2 nitrogen and oxygen atoms in total. The molecule has 0 aliphatic heterocycles. The molecule has 0 saturated carbocycles. The van der Waals surface area contributed by atoms with E-state index in [1.165, 1.54) is 0 Å². The maximum Gasteiger partial charge on any atom is 0.173 e. The van der Waals surface area contributed by atoms with Crippen molar-refractivity contribution in [3.05, 3.63) is 0 Å². The van der Waals surface area contributed by atoms with Crippen molar-refractivity contribution >= 4 is 11.5 Å². The minimum Gasteiger partial charge on any atom is -0.293 e. The molecule has 0 fully saturated rings. The number of rotatable bonds is 4. The molecule has 0 saturated heterocycles. The van der Waals surface area contributed by atoms with Gasteiger partial charge in [-0.25, -0.2) is 0 Å². The molecule has 0 spiro atoms. The monoisotopic (exact) mass is 141 g/mol. The van der Waals surface area contributed by atoms with Gasteiger partial charge in [0.25, 0.3) is 0 Å². The molecular weight excluding hydrogens is 126 g/mol. The molecule has 0 unspecified atom stereocenters. The van der Waals surface area contributed by atoms with Gasteiger partial charge in [-0.05, 0) is 13.3 Å². The van der Waals surface area contributed by atoms with Gasteiger partial charge in [0, 0.05) is 13.5 Å². The smallest absolute Gasteiger partial charge is 0.173 e. The zero-order valence-corrected chi connectivity index (χ0v) is 6.98. The van der Waals surface area contributed by atoms with Crippen LogP contribution in [0.1, 0.15) is 33.6 Å². The van der Waals surface area contributed by atoms with Gasteiger partial charge in [0.1, 0.15) is 0 Å². The van der Waals surface area contributed by atoms with Crippen LogP contribution in [0.5, 0.6) is 0 Å². The van der Waals surface area contributed by atoms with Gasteiger partial charge in [-0.1, -0.05) is 13.3 Å². The van der Waals surface area contributed by atoms with Crippen molar-refractivity contribution in [1.29, 1.82) is 0 Å². The third-order valence-corrected chi connectivity index (χ3v) is 1.37. The molecule has 0 rings (SSSR count). The van der Waals surface area contributed by atoms with Crippen LogP contribution in [0.15, 0.2) is 4.99 Å². The van der Waals surface area contributed by atoms with E-state index in [2.05, 4.69) is 11.9 Å². The van der Waals surface area contributed by atoms with Crippen molar-refractivity contribution in [2.45, 2.75) is 33.6 Å². The Morgan fingerprint density at radius 2 is 2.00 bits per heavy atom. The second kappa shape index (κ2) is 5.15. The predicted octanol–water partition coefficient (Wildman–Crippen LogP) is 1.84. The molecule has 0 bridgehead atoms. The van der Waals surface area contributed by atoms with E-state index in [9.17, 15) is 4.79 Å². The first-order chi connectivity index (χ1) is 4.68. The number of hydrogen-bond acceptors (Lipinski definition) is 2. The van der Waals surface area contributed by atoms with Crippen LogP contribution in [0.25, 0.3) is 0 Å². The summed E-state index contributed by atoms with van der Waals surface area (Å²) in [6.45, 7) is 6.21.